The molecular formula is C20H20N2O4. The van der Waals surface area contributed by atoms with Crippen molar-refractivity contribution in [3.05, 3.63) is 53.9 Å². The molecule has 0 unspecified atom stereocenters. The first-order valence-corrected chi connectivity index (χ1v) is 8.65. The van der Waals surface area contributed by atoms with E-state index in [1.165, 1.54) is 0 Å². The average Bonchev–Trinajstić information content (AvgIpc) is 2.95. The molecular weight excluding hydrogens is 332 g/mol. The Labute approximate surface area is 151 Å². The third-order valence-electron chi connectivity index (χ3n) is 4.59. The average molecular weight is 352 g/mol. The van der Waals surface area contributed by atoms with Gasteiger partial charge in [0, 0.05) is 12.0 Å². The normalized spacial score (nSPS) is 16.4. The number of amides is 1. The molecule has 1 amide bonds. The second kappa shape index (κ2) is 7.07. The Hall–Kier alpha value is -3.02. The smallest absolute Gasteiger partial charge is 0.224 e. The highest BCUT2D eigenvalue weighted by Gasteiger charge is 2.23. The van der Waals surface area contributed by atoms with Crippen LogP contribution in [-0.4, -0.2) is 24.6 Å². The number of fused-ring (bicyclic) bond motifs is 2. The van der Waals surface area contributed by atoms with Crippen molar-refractivity contribution >= 4 is 17.0 Å². The van der Waals surface area contributed by atoms with Crippen LogP contribution >= 0.6 is 0 Å². The molecule has 0 saturated carbocycles. The van der Waals surface area contributed by atoms with Gasteiger partial charge in [0.15, 0.2) is 5.58 Å². The van der Waals surface area contributed by atoms with Crippen LogP contribution in [0.1, 0.15) is 17.9 Å². The van der Waals surface area contributed by atoms with Crippen molar-refractivity contribution in [2.75, 3.05) is 13.7 Å². The number of carbonyl (C=O) groups excluding carboxylic acids is 1. The third-order valence-corrected chi connectivity index (χ3v) is 4.59. The number of hydrogen-bond acceptors (Lipinski definition) is 5. The molecule has 6 nitrogen and oxygen atoms in total. The van der Waals surface area contributed by atoms with E-state index in [0.717, 1.165) is 17.1 Å². The Kier molecular flexibility index (Phi) is 4.48. The number of para-hydroxylation sites is 1. The van der Waals surface area contributed by atoms with Gasteiger partial charge in [-0.15, -0.1) is 0 Å². The molecule has 0 spiro atoms. The molecule has 134 valence electrons. The van der Waals surface area contributed by atoms with Crippen LogP contribution < -0.4 is 14.8 Å². The number of rotatable bonds is 4. The molecule has 3 aromatic rings. The third kappa shape index (κ3) is 3.35. The molecule has 0 fully saturated rings. The van der Waals surface area contributed by atoms with Crippen molar-refractivity contribution < 1.29 is 18.7 Å². The largest absolute Gasteiger partial charge is 0.497 e. The van der Waals surface area contributed by atoms with Crippen LogP contribution in [0.5, 0.6) is 11.5 Å². The van der Waals surface area contributed by atoms with E-state index in [1.54, 1.807) is 7.11 Å². The quantitative estimate of drug-likeness (QED) is 0.781. The van der Waals surface area contributed by atoms with Gasteiger partial charge in [-0.1, -0.05) is 18.2 Å². The monoisotopic (exact) mass is 352 g/mol. The molecule has 26 heavy (non-hydrogen) atoms. The van der Waals surface area contributed by atoms with Crippen molar-refractivity contribution in [2.45, 2.75) is 19.4 Å². The fraction of sp³-hybridized carbons (Fsp3) is 0.300. The van der Waals surface area contributed by atoms with Gasteiger partial charge in [0.2, 0.25) is 11.8 Å². The first kappa shape index (κ1) is 16.4. The maximum atomic E-state index is 12.6. The summed E-state index contributed by atoms with van der Waals surface area (Å²) >= 11 is 0. The van der Waals surface area contributed by atoms with Gasteiger partial charge >= 0.3 is 0 Å². The van der Waals surface area contributed by atoms with E-state index in [0.29, 0.717) is 36.4 Å². The lowest BCUT2D eigenvalue weighted by atomic mass is 9.96. The van der Waals surface area contributed by atoms with Crippen molar-refractivity contribution in [2.24, 2.45) is 5.92 Å². The topological polar surface area (TPSA) is 73.6 Å². The highest BCUT2D eigenvalue weighted by atomic mass is 16.5. The minimum Gasteiger partial charge on any atom is -0.497 e. The Bertz CT molecular complexity index is 934. The Morgan fingerprint density at radius 2 is 2.19 bits per heavy atom. The summed E-state index contributed by atoms with van der Waals surface area (Å²) in [6.45, 7) is 0.798. The van der Waals surface area contributed by atoms with Crippen LogP contribution in [0.2, 0.25) is 0 Å². The molecule has 4 rings (SSSR count). The number of benzene rings is 2. The lowest BCUT2D eigenvalue weighted by Gasteiger charge is -2.12. The molecule has 0 saturated heterocycles. The van der Waals surface area contributed by atoms with E-state index >= 15 is 0 Å². The lowest BCUT2D eigenvalue weighted by Crippen LogP contribution is -2.31. The van der Waals surface area contributed by atoms with Gasteiger partial charge in [0.25, 0.3) is 0 Å². The standard InChI is InChI=1S/C20H20N2O4/c1-24-15-6-7-18-16(11-15)22-19(26-18)12-21-20(23)14-8-9-25-17-5-3-2-4-13(17)10-14/h2-7,11,14H,8-10,12H2,1H3,(H,21,23)/t14-/m1/s1. The molecule has 6 heteroatoms. The number of ether oxygens (including phenoxy) is 2. The summed E-state index contributed by atoms with van der Waals surface area (Å²) in [5, 5.41) is 2.93. The van der Waals surface area contributed by atoms with Gasteiger partial charge in [-0.3, -0.25) is 4.79 Å². The molecule has 0 radical (unpaired) electrons. The van der Waals surface area contributed by atoms with Crippen LogP contribution in [0.15, 0.2) is 46.9 Å². The lowest BCUT2D eigenvalue weighted by molar-refractivity contribution is -0.125. The fourth-order valence-corrected chi connectivity index (χ4v) is 3.18. The van der Waals surface area contributed by atoms with E-state index < -0.39 is 0 Å². The SMILES string of the molecule is COc1ccc2oc(CNC(=O)[C@@H]3CCOc4ccccc4C3)nc2c1. The summed E-state index contributed by atoms with van der Waals surface area (Å²) in [4.78, 5) is 17.0. The van der Waals surface area contributed by atoms with Crippen LogP contribution in [0, 0.1) is 5.92 Å². The van der Waals surface area contributed by atoms with Gasteiger partial charge in [-0.05, 0) is 36.6 Å². The van der Waals surface area contributed by atoms with Crippen molar-refractivity contribution in [1.29, 1.82) is 0 Å². The molecule has 1 aromatic heterocycles. The number of aromatic nitrogens is 1. The summed E-state index contributed by atoms with van der Waals surface area (Å²) in [5.74, 6) is 1.94. The van der Waals surface area contributed by atoms with Crippen LogP contribution in [0.25, 0.3) is 11.1 Å². The maximum absolute atomic E-state index is 12.6. The fourth-order valence-electron chi connectivity index (χ4n) is 3.18. The number of oxazole rings is 1. The zero-order chi connectivity index (χ0) is 17.9. The molecule has 1 atom stereocenters. The number of nitrogens with zero attached hydrogens (tertiary/aromatic N) is 1. The highest BCUT2D eigenvalue weighted by Crippen LogP contribution is 2.27. The van der Waals surface area contributed by atoms with E-state index in [1.807, 2.05) is 42.5 Å². The number of methoxy groups -OCH3 is 1. The first-order chi connectivity index (χ1) is 12.7. The van der Waals surface area contributed by atoms with Crippen molar-refractivity contribution in [1.82, 2.24) is 10.3 Å². The van der Waals surface area contributed by atoms with Gasteiger partial charge in [0.05, 0.1) is 20.3 Å². The molecule has 0 bridgehead atoms. The minimum absolute atomic E-state index is 0.00913. The summed E-state index contributed by atoms with van der Waals surface area (Å²) in [6.07, 6.45) is 1.36. The van der Waals surface area contributed by atoms with Crippen LogP contribution in [0.4, 0.5) is 0 Å². The number of hydrogen-bond donors (Lipinski definition) is 1. The molecule has 1 aliphatic heterocycles. The van der Waals surface area contributed by atoms with E-state index in [9.17, 15) is 4.79 Å². The molecule has 2 heterocycles. The van der Waals surface area contributed by atoms with Crippen molar-refractivity contribution in [3.8, 4) is 11.5 Å². The van der Waals surface area contributed by atoms with Gasteiger partial charge in [-0.25, -0.2) is 4.98 Å². The molecule has 1 aliphatic rings. The van der Waals surface area contributed by atoms with Crippen LogP contribution in [0.3, 0.4) is 0 Å². The highest BCUT2D eigenvalue weighted by molar-refractivity contribution is 5.79. The number of nitrogens with one attached hydrogen (secondary N) is 1. The predicted octanol–water partition coefficient (Wildman–Crippen LogP) is 3.09. The molecule has 0 aliphatic carbocycles. The first-order valence-electron chi connectivity index (χ1n) is 8.65. The summed E-state index contributed by atoms with van der Waals surface area (Å²) in [5.41, 5.74) is 2.45. The second-order valence-electron chi connectivity index (χ2n) is 6.30. The molecule has 1 N–H and O–H groups in total. The van der Waals surface area contributed by atoms with Crippen molar-refractivity contribution in [3.63, 3.8) is 0 Å². The zero-order valence-electron chi connectivity index (χ0n) is 14.5. The van der Waals surface area contributed by atoms with Gasteiger partial charge < -0.3 is 19.2 Å². The zero-order valence-corrected chi connectivity index (χ0v) is 14.5. The van der Waals surface area contributed by atoms with Gasteiger partial charge in [0.1, 0.15) is 17.0 Å². The second-order valence-corrected chi connectivity index (χ2v) is 6.30. The number of carbonyl (C=O) groups is 1. The minimum atomic E-state index is -0.122. The molecule has 2 aromatic carbocycles. The Balaban J connectivity index is 1.42. The Morgan fingerprint density at radius 1 is 1.31 bits per heavy atom. The Morgan fingerprint density at radius 3 is 3.08 bits per heavy atom. The van der Waals surface area contributed by atoms with E-state index in [4.69, 9.17) is 13.9 Å². The van der Waals surface area contributed by atoms with E-state index in [-0.39, 0.29) is 18.4 Å². The predicted molar refractivity (Wildman–Crippen MR) is 96.2 cm³/mol. The summed E-state index contributed by atoms with van der Waals surface area (Å²) in [6, 6.07) is 13.3. The summed E-state index contributed by atoms with van der Waals surface area (Å²) in [7, 11) is 1.61. The van der Waals surface area contributed by atoms with Crippen LogP contribution in [-0.2, 0) is 17.8 Å². The van der Waals surface area contributed by atoms with E-state index in [2.05, 4.69) is 10.3 Å². The maximum Gasteiger partial charge on any atom is 0.224 e. The van der Waals surface area contributed by atoms with Gasteiger partial charge in [-0.2, -0.15) is 0 Å². The summed E-state index contributed by atoms with van der Waals surface area (Å²) < 4.78 is 16.6.